The molecule has 4 rings (SSSR count). The molecule has 3 heterocycles. The van der Waals surface area contributed by atoms with Gasteiger partial charge in [0.25, 0.3) is 0 Å². The quantitative estimate of drug-likeness (QED) is 0.740. The van der Waals surface area contributed by atoms with E-state index in [1.807, 2.05) is 41.9 Å². The molecule has 0 bridgehead atoms. The third-order valence-corrected chi connectivity index (χ3v) is 5.77. The first-order valence-corrected chi connectivity index (χ1v) is 9.91. The average Bonchev–Trinajstić information content (AvgIpc) is 3.25. The Morgan fingerprint density at radius 2 is 2.19 bits per heavy atom. The maximum Gasteiger partial charge on any atom is 0.323 e. The van der Waals surface area contributed by atoms with E-state index in [1.54, 1.807) is 16.2 Å². The first-order chi connectivity index (χ1) is 13.0. The van der Waals surface area contributed by atoms with Crippen molar-refractivity contribution in [3.8, 4) is 0 Å². The summed E-state index contributed by atoms with van der Waals surface area (Å²) in [5.41, 5.74) is 1.97. The van der Waals surface area contributed by atoms with Gasteiger partial charge in [0, 0.05) is 24.3 Å². The minimum Gasteiger partial charge on any atom is -0.377 e. The normalized spacial score (nSPS) is 17.6. The third kappa shape index (κ3) is 3.54. The summed E-state index contributed by atoms with van der Waals surface area (Å²) in [6, 6.07) is 9.79. The van der Waals surface area contributed by atoms with Crippen molar-refractivity contribution in [2.24, 2.45) is 0 Å². The molecule has 1 aliphatic rings. The molecule has 3 aromatic rings. The Balaban J connectivity index is 1.56. The second kappa shape index (κ2) is 7.28. The lowest BCUT2D eigenvalue weighted by Gasteiger charge is -2.34. The number of aryl methyl sites for hydroxylation is 1. The summed E-state index contributed by atoms with van der Waals surface area (Å²) in [4.78, 5) is 19.5. The van der Waals surface area contributed by atoms with Crippen molar-refractivity contribution in [1.82, 2.24) is 19.7 Å². The molecule has 1 unspecified atom stereocenters. The number of nitrogens with one attached hydrogen (secondary N) is 1. The summed E-state index contributed by atoms with van der Waals surface area (Å²) in [5.74, 6) is 0.570. The Morgan fingerprint density at radius 3 is 2.93 bits per heavy atom. The number of morpholine rings is 1. The van der Waals surface area contributed by atoms with Crippen molar-refractivity contribution < 1.29 is 9.53 Å². The molecule has 142 valence electrons. The van der Waals surface area contributed by atoms with Crippen LogP contribution >= 0.6 is 11.3 Å². The number of amides is 2. The van der Waals surface area contributed by atoms with Crippen molar-refractivity contribution in [1.29, 1.82) is 0 Å². The van der Waals surface area contributed by atoms with Crippen LogP contribution in [0.4, 0.5) is 10.6 Å². The fourth-order valence-corrected chi connectivity index (χ4v) is 4.40. The fraction of sp³-hybridized carbons (Fsp3) is 0.421. The number of hydrogen-bond acceptors (Lipinski definition) is 5. The fourth-order valence-electron chi connectivity index (χ4n) is 3.34. The number of benzene rings is 1. The van der Waals surface area contributed by atoms with Crippen LogP contribution in [0, 0.1) is 6.92 Å². The summed E-state index contributed by atoms with van der Waals surface area (Å²) in [7, 11) is 0. The topological polar surface area (TPSA) is 72.3 Å². The molecular formula is C19H23N5O2S. The van der Waals surface area contributed by atoms with E-state index < -0.39 is 0 Å². The molecule has 1 N–H and O–H groups in total. The van der Waals surface area contributed by atoms with Crippen LogP contribution in [0.25, 0.3) is 10.2 Å². The van der Waals surface area contributed by atoms with E-state index in [1.165, 1.54) is 0 Å². The maximum atomic E-state index is 12.9. The highest BCUT2D eigenvalue weighted by Gasteiger charge is 2.31. The summed E-state index contributed by atoms with van der Waals surface area (Å²) in [6.07, 6.45) is 0. The van der Waals surface area contributed by atoms with Gasteiger partial charge in [-0.3, -0.25) is 10.00 Å². The number of rotatable bonds is 3. The van der Waals surface area contributed by atoms with Gasteiger partial charge in [-0.25, -0.2) is 9.78 Å². The number of nitrogens with zero attached hydrogens (tertiary/aromatic N) is 4. The predicted molar refractivity (Wildman–Crippen MR) is 106 cm³/mol. The van der Waals surface area contributed by atoms with Crippen molar-refractivity contribution >= 4 is 33.4 Å². The van der Waals surface area contributed by atoms with E-state index in [0.29, 0.717) is 25.6 Å². The second-order valence-electron chi connectivity index (χ2n) is 6.94. The molecule has 1 atom stereocenters. The highest BCUT2D eigenvalue weighted by molar-refractivity contribution is 7.18. The molecule has 2 aromatic heterocycles. The molecule has 8 heteroatoms. The molecule has 7 nitrogen and oxygen atoms in total. The zero-order valence-corrected chi connectivity index (χ0v) is 16.5. The van der Waals surface area contributed by atoms with Gasteiger partial charge >= 0.3 is 6.03 Å². The van der Waals surface area contributed by atoms with Crippen LogP contribution in [0.15, 0.2) is 30.3 Å². The van der Waals surface area contributed by atoms with Gasteiger partial charge in [0.2, 0.25) is 0 Å². The van der Waals surface area contributed by atoms with Gasteiger partial charge in [-0.05, 0) is 32.9 Å². The Morgan fingerprint density at radius 1 is 1.37 bits per heavy atom. The van der Waals surface area contributed by atoms with Gasteiger partial charge in [-0.15, -0.1) is 11.3 Å². The van der Waals surface area contributed by atoms with Gasteiger partial charge in [0.05, 0.1) is 23.4 Å². The Labute approximate surface area is 162 Å². The van der Waals surface area contributed by atoms with E-state index in [4.69, 9.17) is 9.72 Å². The van der Waals surface area contributed by atoms with Crippen LogP contribution in [0.2, 0.25) is 0 Å². The lowest BCUT2D eigenvalue weighted by atomic mass is 10.2. The van der Waals surface area contributed by atoms with Crippen molar-refractivity contribution in [2.75, 3.05) is 25.1 Å². The van der Waals surface area contributed by atoms with Gasteiger partial charge < -0.3 is 9.64 Å². The molecule has 1 aliphatic heterocycles. The van der Waals surface area contributed by atoms with E-state index >= 15 is 0 Å². The minimum absolute atomic E-state index is 0.170. The van der Waals surface area contributed by atoms with Crippen LogP contribution in [-0.4, -0.2) is 45.5 Å². The van der Waals surface area contributed by atoms with E-state index in [-0.39, 0.29) is 18.1 Å². The molecule has 1 saturated heterocycles. The van der Waals surface area contributed by atoms with Gasteiger partial charge in [0.15, 0.2) is 5.82 Å². The molecular weight excluding hydrogens is 362 g/mol. The summed E-state index contributed by atoms with van der Waals surface area (Å²) in [6.45, 7) is 7.62. The number of anilines is 1. The van der Waals surface area contributed by atoms with Gasteiger partial charge in [-0.1, -0.05) is 12.1 Å². The molecule has 1 aromatic carbocycles. The Hall–Kier alpha value is -2.45. The van der Waals surface area contributed by atoms with E-state index in [0.717, 1.165) is 20.9 Å². The van der Waals surface area contributed by atoms with Crippen LogP contribution < -0.4 is 5.32 Å². The number of para-hydroxylation sites is 1. The van der Waals surface area contributed by atoms with Crippen molar-refractivity contribution in [3.63, 3.8) is 0 Å². The SMILES string of the molecule is Cc1cc(NC(=O)N2CCOCC2c2nc3ccccc3s2)nn1C(C)C. The van der Waals surface area contributed by atoms with Crippen LogP contribution in [-0.2, 0) is 4.74 Å². The van der Waals surface area contributed by atoms with Crippen LogP contribution in [0.1, 0.15) is 36.6 Å². The lowest BCUT2D eigenvalue weighted by Crippen LogP contribution is -2.45. The molecule has 27 heavy (non-hydrogen) atoms. The first-order valence-electron chi connectivity index (χ1n) is 9.10. The van der Waals surface area contributed by atoms with E-state index in [2.05, 4.69) is 24.3 Å². The molecule has 0 spiro atoms. The number of ether oxygens (including phenoxy) is 1. The van der Waals surface area contributed by atoms with Crippen LogP contribution in [0.3, 0.4) is 0 Å². The molecule has 1 fully saturated rings. The molecule has 0 radical (unpaired) electrons. The number of hydrogen-bond donors (Lipinski definition) is 1. The number of carbonyl (C=O) groups is 1. The number of urea groups is 1. The maximum absolute atomic E-state index is 12.9. The highest BCUT2D eigenvalue weighted by Crippen LogP contribution is 2.31. The van der Waals surface area contributed by atoms with Gasteiger partial charge in [-0.2, -0.15) is 5.10 Å². The third-order valence-electron chi connectivity index (χ3n) is 4.63. The molecule has 2 amide bonds. The number of thiazole rings is 1. The van der Waals surface area contributed by atoms with Crippen molar-refractivity contribution in [2.45, 2.75) is 32.9 Å². The van der Waals surface area contributed by atoms with Gasteiger partial charge in [0.1, 0.15) is 11.0 Å². The second-order valence-corrected chi connectivity index (χ2v) is 8.01. The minimum atomic E-state index is -0.190. The smallest absolute Gasteiger partial charge is 0.323 e. The zero-order valence-electron chi connectivity index (χ0n) is 15.7. The molecule has 0 saturated carbocycles. The lowest BCUT2D eigenvalue weighted by molar-refractivity contribution is 0.0147. The first kappa shape index (κ1) is 17.9. The van der Waals surface area contributed by atoms with Crippen molar-refractivity contribution in [3.05, 3.63) is 41.0 Å². The summed E-state index contributed by atoms with van der Waals surface area (Å²) < 4.78 is 8.66. The summed E-state index contributed by atoms with van der Waals surface area (Å²) >= 11 is 1.61. The largest absolute Gasteiger partial charge is 0.377 e. The molecule has 0 aliphatic carbocycles. The highest BCUT2D eigenvalue weighted by atomic mass is 32.1. The standard InChI is InChI=1S/C19H23N5O2S/c1-12(2)24-13(3)10-17(22-24)21-19(25)23-8-9-26-11-15(23)18-20-14-6-4-5-7-16(14)27-18/h4-7,10,12,15H,8-9,11H2,1-3H3,(H,21,22,25). The van der Waals surface area contributed by atoms with Crippen LogP contribution in [0.5, 0.6) is 0 Å². The number of carbonyl (C=O) groups excluding carboxylic acids is 1. The Kier molecular flexibility index (Phi) is 4.84. The summed E-state index contributed by atoms with van der Waals surface area (Å²) in [5, 5.41) is 8.33. The number of fused-ring (bicyclic) bond motifs is 1. The number of aromatic nitrogens is 3. The monoisotopic (exact) mass is 385 g/mol. The predicted octanol–water partition coefficient (Wildman–Crippen LogP) is 3.99. The average molecular weight is 385 g/mol. The Bertz CT molecular complexity index is 931. The zero-order chi connectivity index (χ0) is 19.0. The van der Waals surface area contributed by atoms with E-state index in [9.17, 15) is 4.79 Å².